The molecule has 18 heavy (non-hydrogen) atoms. The van der Waals surface area contributed by atoms with Crippen LogP contribution < -0.4 is 0 Å². The second-order valence-corrected chi connectivity index (χ2v) is 5.14. The summed E-state index contributed by atoms with van der Waals surface area (Å²) in [5.74, 6) is -1.08. The zero-order valence-corrected chi connectivity index (χ0v) is 10.3. The molecule has 0 heterocycles. The Morgan fingerprint density at radius 1 is 1.44 bits per heavy atom. The molecule has 3 nitrogen and oxygen atoms in total. The van der Waals surface area contributed by atoms with Crippen LogP contribution in [0.15, 0.2) is 18.2 Å². The van der Waals surface area contributed by atoms with E-state index in [1.165, 1.54) is 12.1 Å². The lowest BCUT2D eigenvalue weighted by atomic mass is 9.82. The number of carboxylic acid groups (broad SMARTS) is 1. The molecule has 1 aromatic rings. The van der Waals surface area contributed by atoms with Gasteiger partial charge in [-0.05, 0) is 48.3 Å². The van der Waals surface area contributed by atoms with Crippen LogP contribution in [-0.4, -0.2) is 16.2 Å². The predicted octanol–water partition coefficient (Wildman–Crippen LogP) is 3.14. The maximum Gasteiger partial charge on any atom is 0.303 e. The maximum atomic E-state index is 13.3. The van der Waals surface area contributed by atoms with Gasteiger partial charge in [0, 0.05) is 6.07 Å². The van der Waals surface area contributed by atoms with Crippen LogP contribution in [0.5, 0.6) is 5.75 Å². The van der Waals surface area contributed by atoms with E-state index in [0.717, 1.165) is 18.9 Å². The molecule has 1 aromatic carbocycles. The molecule has 0 saturated heterocycles. The predicted molar refractivity (Wildman–Crippen MR) is 64.9 cm³/mol. The molecule has 98 valence electrons. The van der Waals surface area contributed by atoms with Crippen molar-refractivity contribution >= 4 is 5.97 Å². The SMILES string of the molecule is CC(C1CC1)[C@@H](CC(=O)O)c1cc(O)cc(F)c1. The zero-order valence-electron chi connectivity index (χ0n) is 10.3. The molecule has 4 heteroatoms. The summed E-state index contributed by atoms with van der Waals surface area (Å²) in [6, 6.07) is 3.82. The number of hydrogen-bond donors (Lipinski definition) is 2. The maximum absolute atomic E-state index is 13.3. The van der Waals surface area contributed by atoms with Crippen LogP contribution in [0.2, 0.25) is 0 Å². The van der Waals surface area contributed by atoms with Gasteiger partial charge < -0.3 is 10.2 Å². The molecule has 2 N–H and O–H groups in total. The van der Waals surface area contributed by atoms with E-state index < -0.39 is 11.8 Å². The van der Waals surface area contributed by atoms with Gasteiger partial charge in [0.15, 0.2) is 0 Å². The van der Waals surface area contributed by atoms with Crippen LogP contribution in [0.3, 0.4) is 0 Å². The normalized spacial score (nSPS) is 18.3. The van der Waals surface area contributed by atoms with Crippen molar-refractivity contribution in [3.63, 3.8) is 0 Å². The Labute approximate surface area is 105 Å². The second-order valence-electron chi connectivity index (χ2n) is 5.14. The molecule has 1 aliphatic carbocycles. The van der Waals surface area contributed by atoms with E-state index in [9.17, 15) is 14.3 Å². The summed E-state index contributed by atoms with van der Waals surface area (Å²) in [6.07, 6.45) is 2.19. The minimum atomic E-state index is -0.892. The number of hydrogen-bond acceptors (Lipinski definition) is 2. The van der Waals surface area contributed by atoms with Crippen LogP contribution in [0, 0.1) is 17.7 Å². The molecule has 0 spiro atoms. The van der Waals surface area contributed by atoms with Crippen molar-refractivity contribution < 1.29 is 19.4 Å². The van der Waals surface area contributed by atoms with Crippen LogP contribution >= 0.6 is 0 Å². The van der Waals surface area contributed by atoms with Gasteiger partial charge in [0.2, 0.25) is 0 Å². The van der Waals surface area contributed by atoms with Crippen molar-refractivity contribution in [3.8, 4) is 5.75 Å². The summed E-state index contributed by atoms with van der Waals surface area (Å²) in [5.41, 5.74) is 0.578. The number of carboxylic acids is 1. The number of aromatic hydroxyl groups is 1. The van der Waals surface area contributed by atoms with Crippen molar-refractivity contribution in [2.45, 2.75) is 32.1 Å². The third-order valence-electron chi connectivity index (χ3n) is 3.73. The van der Waals surface area contributed by atoms with E-state index in [-0.39, 0.29) is 24.0 Å². The lowest BCUT2D eigenvalue weighted by Crippen LogP contribution is -2.16. The number of carbonyl (C=O) groups is 1. The molecular weight excluding hydrogens is 235 g/mol. The minimum Gasteiger partial charge on any atom is -0.508 e. The van der Waals surface area contributed by atoms with Crippen molar-refractivity contribution in [1.82, 2.24) is 0 Å². The molecule has 0 bridgehead atoms. The van der Waals surface area contributed by atoms with Gasteiger partial charge in [-0.1, -0.05) is 6.92 Å². The third kappa shape index (κ3) is 3.00. The standard InChI is InChI=1S/C14H17FO3/c1-8(9-2-3-9)13(7-14(17)18)10-4-11(15)6-12(16)5-10/h4-6,8-9,13,16H,2-3,7H2,1H3,(H,17,18)/t8?,13-/m1/s1. The van der Waals surface area contributed by atoms with E-state index in [4.69, 9.17) is 5.11 Å². The lowest BCUT2D eigenvalue weighted by Gasteiger charge is -2.23. The first-order chi connectivity index (χ1) is 8.47. The summed E-state index contributed by atoms with van der Waals surface area (Å²) in [5, 5.41) is 18.4. The van der Waals surface area contributed by atoms with Gasteiger partial charge in [0.25, 0.3) is 0 Å². The average Bonchev–Trinajstić information content (AvgIpc) is 3.06. The van der Waals surface area contributed by atoms with E-state index in [1.807, 2.05) is 6.92 Å². The van der Waals surface area contributed by atoms with E-state index in [2.05, 4.69) is 0 Å². The molecule has 0 aromatic heterocycles. The summed E-state index contributed by atoms with van der Waals surface area (Å²) < 4.78 is 13.3. The van der Waals surface area contributed by atoms with Crippen LogP contribution in [0.4, 0.5) is 4.39 Å². The summed E-state index contributed by atoms with van der Waals surface area (Å²) in [7, 11) is 0. The quantitative estimate of drug-likeness (QED) is 0.846. The van der Waals surface area contributed by atoms with Crippen molar-refractivity contribution in [2.24, 2.45) is 11.8 Å². The highest BCUT2D eigenvalue weighted by Crippen LogP contribution is 2.45. The Kier molecular flexibility index (Phi) is 3.55. The molecule has 0 amide bonds. The number of halogens is 1. The first kappa shape index (κ1) is 12.9. The topological polar surface area (TPSA) is 57.5 Å². The fourth-order valence-electron chi connectivity index (χ4n) is 2.56. The van der Waals surface area contributed by atoms with E-state index >= 15 is 0 Å². The van der Waals surface area contributed by atoms with E-state index in [1.54, 1.807) is 0 Å². The number of phenols is 1. The van der Waals surface area contributed by atoms with Crippen molar-refractivity contribution in [1.29, 1.82) is 0 Å². The Morgan fingerprint density at radius 3 is 2.61 bits per heavy atom. The highest BCUT2D eigenvalue weighted by Gasteiger charge is 2.35. The zero-order chi connectivity index (χ0) is 13.3. The number of phenolic OH excluding ortho intramolecular Hbond substituents is 1. The summed E-state index contributed by atoms with van der Waals surface area (Å²) >= 11 is 0. The van der Waals surface area contributed by atoms with Crippen LogP contribution in [0.25, 0.3) is 0 Å². The van der Waals surface area contributed by atoms with Gasteiger partial charge in [-0.3, -0.25) is 4.79 Å². The Hall–Kier alpha value is -1.58. The average molecular weight is 252 g/mol. The van der Waals surface area contributed by atoms with Crippen molar-refractivity contribution in [3.05, 3.63) is 29.6 Å². The molecule has 1 aliphatic rings. The molecule has 2 atom stereocenters. The Morgan fingerprint density at radius 2 is 2.11 bits per heavy atom. The largest absolute Gasteiger partial charge is 0.508 e. The highest BCUT2D eigenvalue weighted by atomic mass is 19.1. The van der Waals surface area contributed by atoms with E-state index in [0.29, 0.717) is 11.5 Å². The molecular formula is C14H17FO3. The fourth-order valence-corrected chi connectivity index (χ4v) is 2.56. The molecule has 1 saturated carbocycles. The monoisotopic (exact) mass is 252 g/mol. The molecule has 0 radical (unpaired) electrons. The lowest BCUT2D eigenvalue weighted by molar-refractivity contribution is -0.137. The Bertz CT molecular complexity index is 434. The minimum absolute atomic E-state index is 0.0272. The summed E-state index contributed by atoms with van der Waals surface area (Å²) in [6.45, 7) is 2.01. The third-order valence-corrected chi connectivity index (χ3v) is 3.73. The highest BCUT2D eigenvalue weighted by molar-refractivity contribution is 5.68. The van der Waals surface area contributed by atoms with Crippen LogP contribution in [0.1, 0.15) is 37.7 Å². The van der Waals surface area contributed by atoms with Crippen LogP contribution in [-0.2, 0) is 4.79 Å². The van der Waals surface area contributed by atoms with Gasteiger partial charge in [-0.15, -0.1) is 0 Å². The number of rotatable bonds is 5. The molecule has 2 rings (SSSR count). The Balaban J connectivity index is 2.28. The summed E-state index contributed by atoms with van der Waals surface area (Å²) in [4.78, 5) is 10.9. The molecule has 0 aliphatic heterocycles. The second kappa shape index (κ2) is 4.96. The van der Waals surface area contributed by atoms with Crippen molar-refractivity contribution in [2.75, 3.05) is 0 Å². The van der Waals surface area contributed by atoms with Gasteiger partial charge in [0.05, 0.1) is 6.42 Å². The first-order valence-electron chi connectivity index (χ1n) is 6.18. The van der Waals surface area contributed by atoms with Gasteiger partial charge in [-0.2, -0.15) is 0 Å². The van der Waals surface area contributed by atoms with Gasteiger partial charge in [0.1, 0.15) is 11.6 Å². The number of aliphatic carboxylic acids is 1. The fraction of sp³-hybridized carbons (Fsp3) is 0.500. The van der Waals surface area contributed by atoms with Gasteiger partial charge in [-0.25, -0.2) is 4.39 Å². The molecule has 1 unspecified atom stereocenters. The van der Waals surface area contributed by atoms with Gasteiger partial charge >= 0.3 is 5.97 Å². The first-order valence-corrected chi connectivity index (χ1v) is 6.18. The number of benzene rings is 1. The molecule has 1 fully saturated rings. The smallest absolute Gasteiger partial charge is 0.303 e.